The van der Waals surface area contributed by atoms with Crippen LogP contribution in [0.2, 0.25) is 154 Å². The maximum atomic E-state index is 16.2. The molecule has 0 bridgehead atoms. The molecule has 31 heteroatoms. The zero-order chi connectivity index (χ0) is 83.2. The van der Waals surface area contributed by atoms with Gasteiger partial charge in [0.1, 0.15) is 38.3 Å². The number of imidazole rings is 2. The molecule has 0 N–H and O–H groups in total. The number of rotatable bonds is 42. The first-order valence-corrected chi connectivity index (χ1v) is 63.4. The third kappa shape index (κ3) is 22.2. The van der Waals surface area contributed by atoms with Crippen LogP contribution in [0.1, 0.15) is 63.7 Å². The van der Waals surface area contributed by atoms with Gasteiger partial charge in [0.15, 0.2) is 60.0 Å². The van der Waals surface area contributed by atoms with Crippen LogP contribution < -0.4 is 19.3 Å². The molecule has 0 saturated heterocycles. The van der Waals surface area contributed by atoms with Gasteiger partial charge in [-0.25, -0.2) is 28.1 Å². The summed E-state index contributed by atoms with van der Waals surface area (Å²) >= 11 is 0. The lowest BCUT2D eigenvalue weighted by Crippen LogP contribution is -2.25. The van der Waals surface area contributed by atoms with E-state index in [0.717, 1.165) is 114 Å². The van der Waals surface area contributed by atoms with E-state index < -0.39 is 60.1 Å². The number of carbonyl (C=O) groups is 1. The molecule has 116 heavy (non-hydrogen) atoms. The molecule has 0 fully saturated rings. The Bertz CT molecular complexity index is 4800. The predicted octanol–water partition coefficient (Wildman–Crippen LogP) is 19.3. The Morgan fingerprint density at radius 3 is 1.11 bits per heavy atom. The molecule has 2 aliphatic heterocycles. The number of benzene rings is 4. The normalized spacial score (nSPS) is 13.7. The zero-order valence-electron chi connectivity index (χ0n) is 72.2. The molecule has 0 saturated carbocycles. The van der Waals surface area contributed by atoms with Gasteiger partial charge in [0.2, 0.25) is 5.78 Å². The van der Waals surface area contributed by atoms with Crippen molar-refractivity contribution in [1.29, 1.82) is 0 Å². The molecule has 0 amide bonds. The molecule has 0 aliphatic carbocycles. The molecular weight excluding hydrogens is 1570 g/mol. The number of ether oxygens (including phenoxy) is 8. The van der Waals surface area contributed by atoms with Gasteiger partial charge >= 0.3 is 0 Å². The number of anilines is 2. The van der Waals surface area contributed by atoms with Gasteiger partial charge in [-0.15, -0.1) is 10.2 Å². The molecule has 23 nitrogen and oxygen atoms in total. The molecule has 0 atom stereocenters. The molecule has 6 aromatic heterocycles. The van der Waals surface area contributed by atoms with Crippen molar-refractivity contribution in [1.82, 2.24) is 59.1 Å². The third-order valence-corrected chi connectivity index (χ3v) is 31.5. The van der Waals surface area contributed by atoms with E-state index in [9.17, 15) is 0 Å². The average molecular weight is 1690 g/mol. The molecule has 0 spiro atoms. The molecule has 10 aromatic rings. The second kappa shape index (κ2) is 36.8. The van der Waals surface area contributed by atoms with Crippen LogP contribution in [0.25, 0.3) is 67.1 Å². The minimum atomic E-state index is -1.50. The minimum Gasteiger partial charge on any atom is -0.464 e. The van der Waals surface area contributed by atoms with Crippen molar-refractivity contribution < 1.29 is 51.5 Å². The monoisotopic (exact) mass is 1690 g/mol. The summed E-state index contributed by atoms with van der Waals surface area (Å²) in [6.07, 6.45) is 4.38. The summed E-state index contributed by atoms with van der Waals surface area (Å²) in [5.41, 5.74) is 12.0. The predicted molar refractivity (Wildman–Crippen MR) is 474 cm³/mol. The Hall–Kier alpha value is -7.81. The van der Waals surface area contributed by atoms with Gasteiger partial charge < -0.3 is 56.8 Å². The van der Waals surface area contributed by atoms with Crippen LogP contribution >= 0.6 is 0 Å². The van der Waals surface area contributed by atoms with E-state index in [4.69, 9.17) is 68.3 Å². The smallest absolute Gasteiger partial charge is 0.200 e. The summed E-state index contributed by atoms with van der Waals surface area (Å²) in [5.74, 6) is 1.15. The lowest BCUT2D eigenvalue weighted by atomic mass is 9.96. The number of nitrogens with zero attached hydrogens (tertiary/aromatic N) is 14. The molecule has 624 valence electrons. The van der Waals surface area contributed by atoms with E-state index in [1.165, 1.54) is 0 Å². The van der Waals surface area contributed by atoms with Gasteiger partial charge in [0, 0.05) is 98.9 Å². The number of ketones is 1. The van der Waals surface area contributed by atoms with Crippen molar-refractivity contribution >= 4 is 87.7 Å². The van der Waals surface area contributed by atoms with E-state index in [1.807, 2.05) is 31.3 Å². The molecule has 2 aliphatic rings. The fourth-order valence-electron chi connectivity index (χ4n) is 14.0. The van der Waals surface area contributed by atoms with Gasteiger partial charge in [-0.2, -0.15) is 20.4 Å². The van der Waals surface area contributed by atoms with Gasteiger partial charge in [-0.3, -0.25) is 4.79 Å². The first kappa shape index (κ1) is 87.5. The number of aryl methyl sites for hydroxylation is 2. The quantitative estimate of drug-likeness (QED) is 0.0150. The van der Waals surface area contributed by atoms with Crippen LogP contribution in [0.3, 0.4) is 0 Å². The molecule has 12 rings (SSSR count). The van der Waals surface area contributed by atoms with Crippen molar-refractivity contribution in [2.24, 2.45) is 0 Å². The standard InChI is InChI=1S/C85H122F2N14O9Si6/c1-21-59-45-77(109-57-107-35-41-115(15,16)17)69(86)47-67(59)61-23-25-63-73(43-61)100(55-105-33-39-113(9,10)11)94-79(63)84-90-71-49-96(51-75(71)98(84)53-103-31-37-111(3,4)5)82-65(27-29-88-92-82)81(102)66-28-30-89-93-83(66)97-50-72-76(52-97)99(54-104-32-38-112(6,7)8)85(91-72)80-64-26-24-62(44-74(64)101(95-80)56-106-34-40-114(12,13)14)68-48-70(87)78(46-60(68)22-2)110-58-108-36-42-116(18,19)20/h23-30,43-48H,21-22,31-42,49-58H2,1-20H3. The van der Waals surface area contributed by atoms with Crippen LogP contribution in [0.5, 0.6) is 11.5 Å². The number of fused-ring (bicyclic) bond motifs is 4. The Balaban J connectivity index is 0.843. The van der Waals surface area contributed by atoms with E-state index in [1.54, 1.807) is 48.8 Å². The van der Waals surface area contributed by atoms with Gasteiger partial charge in [-0.1, -0.05) is 144 Å². The average Bonchev–Trinajstić information content (AvgIpc) is 1.59. The molecule has 8 heterocycles. The summed E-state index contributed by atoms with van der Waals surface area (Å²) in [6, 6.07) is 28.3. The van der Waals surface area contributed by atoms with Crippen LogP contribution in [-0.4, -0.2) is 167 Å². The number of halogens is 2. The van der Waals surface area contributed by atoms with E-state index in [2.05, 4.69) is 175 Å². The topological polar surface area (TPSA) is 220 Å². The highest BCUT2D eigenvalue weighted by atomic mass is 28.3. The number of hydrogen-bond acceptors (Lipinski definition) is 19. The van der Waals surface area contributed by atoms with Gasteiger partial charge in [-0.05, 0) is 143 Å². The lowest BCUT2D eigenvalue weighted by Gasteiger charge is -2.22. The summed E-state index contributed by atoms with van der Waals surface area (Å²) in [4.78, 5) is 30.7. The van der Waals surface area contributed by atoms with Crippen molar-refractivity contribution in [2.45, 2.75) is 234 Å². The maximum absolute atomic E-state index is 16.2. The molecule has 0 radical (unpaired) electrons. The number of hydrogen-bond donors (Lipinski definition) is 0. The second-order valence-electron chi connectivity index (χ2n) is 38.2. The number of carbonyl (C=O) groups excluding carboxylic acids is 1. The fraction of sp³-hybridized carbons (Fsp3) is 0.518. The van der Waals surface area contributed by atoms with E-state index in [-0.39, 0.29) is 57.8 Å². The number of aromatic nitrogens is 12. The maximum Gasteiger partial charge on any atom is 0.200 e. The lowest BCUT2D eigenvalue weighted by molar-refractivity contribution is 0.0195. The van der Waals surface area contributed by atoms with Crippen LogP contribution in [0, 0.1) is 11.6 Å². The van der Waals surface area contributed by atoms with Crippen molar-refractivity contribution in [3.8, 4) is 56.8 Å². The first-order valence-electron chi connectivity index (χ1n) is 41.1. The minimum absolute atomic E-state index is 0.0244. The molecule has 0 unspecified atom stereocenters. The van der Waals surface area contributed by atoms with Crippen LogP contribution in [0.4, 0.5) is 20.4 Å². The van der Waals surface area contributed by atoms with Crippen LogP contribution in [0.15, 0.2) is 85.2 Å². The van der Waals surface area contributed by atoms with Crippen molar-refractivity contribution in [3.63, 3.8) is 0 Å². The second-order valence-corrected chi connectivity index (χ2v) is 71.9. The van der Waals surface area contributed by atoms with Gasteiger partial charge in [0.25, 0.3) is 0 Å². The van der Waals surface area contributed by atoms with E-state index >= 15 is 13.6 Å². The van der Waals surface area contributed by atoms with E-state index in [0.29, 0.717) is 124 Å². The summed E-state index contributed by atoms with van der Waals surface area (Å²) < 4.78 is 90.0. The highest BCUT2D eigenvalue weighted by Gasteiger charge is 2.37. The third-order valence-electron chi connectivity index (χ3n) is 21.2. The first-order chi connectivity index (χ1) is 54.9. The zero-order valence-corrected chi connectivity index (χ0v) is 78.2. The summed E-state index contributed by atoms with van der Waals surface area (Å²) in [7, 11) is -8.50. The highest BCUT2D eigenvalue weighted by Crippen LogP contribution is 2.42. The Morgan fingerprint density at radius 2 is 0.767 bits per heavy atom. The highest BCUT2D eigenvalue weighted by molar-refractivity contribution is 6.78. The van der Waals surface area contributed by atoms with Crippen molar-refractivity contribution in [3.05, 3.63) is 142 Å². The van der Waals surface area contributed by atoms with Crippen LogP contribution in [-0.2, 0) is 94.4 Å². The van der Waals surface area contributed by atoms with Gasteiger partial charge in [0.05, 0.1) is 83.5 Å². The molecule has 4 aromatic carbocycles. The summed E-state index contributed by atoms with van der Waals surface area (Å²) in [5, 5.41) is 30.7. The Kier molecular flexibility index (Phi) is 27.8. The largest absolute Gasteiger partial charge is 0.464 e. The summed E-state index contributed by atoms with van der Waals surface area (Å²) in [6.45, 7) is 51.4. The SMILES string of the molecule is CCc1cc(OCOCC[Si](C)(C)C)c(F)cc1-c1ccc2c(-c3nc4c(n3COCC[Si](C)(C)C)CN(c3nnccc3C(=O)c3ccnnc3N3Cc5nc(-c6nn(COCC[Si](C)(C)C)c7cc(-c8cc(F)c(OCOCC[Si](C)(C)C)cc8CC)ccc67)n(COCC[Si](C)(C)C)c5C3)C4)nn(COCC[Si](C)(C)C)c2c1. The molecular formula is C85H122F2N14O9Si6. The Labute approximate surface area is 689 Å². The fourth-order valence-corrected chi connectivity index (χ4v) is 18.6. The Morgan fingerprint density at radius 1 is 0.422 bits per heavy atom. The van der Waals surface area contributed by atoms with Crippen molar-refractivity contribution in [2.75, 3.05) is 63.0 Å².